The van der Waals surface area contributed by atoms with Gasteiger partial charge in [0.05, 0.1) is 13.2 Å². The molecule has 1 aliphatic heterocycles. The van der Waals surface area contributed by atoms with Gasteiger partial charge in [0.2, 0.25) is 5.91 Å². The fraction of sp³-hybridized carbons (Fsp3) is 0.286. The number of amides is 1. The summed E-state index contributed by atoms with van der Waals surface area (Å²) in [4.78, 5) is 18.1. The second-order valence-corrected chi connectivity index (χ2v) is 7.61. The summed E-state index contributed by atoms with van der Waals surface area (Å²) in [5, 5.41) is 2.36. The van der Waals surface area contributed by atoms with Crippen LogP contribution in [-0.4, -0.2) is 42.1 Å². The number of rotatable bonds is 4. The van der Waals surface area contributed by atoms with Crippen molar-refractivity contribution in [3.05, 3.63) is 69.8 Å². The second kappa shape index (κ2) is 7.93. The number of fused-ring (bicyclic) bond motifs is 1. The van der Waals surface area contributed by atoms with E-state index in [-0.39, 0.29) is 11.8 Å². The number of benzene rings is 2. The Morgan fingerprint density at radius 3 is 2.67 bits per heavy atom. The first kappa shape index (κ1) is 18.4. The van der Waals surface area contributed by atoms with Gasteiger partial charge in [-0.1, -0.05) is 35.3 Å². The number of aromatic amines is 1. The van der Waals surface area contributed by atoms with Gasteiger partial charge >= 0.3 is 0 Å². The summed E-state index contributed by atoms with van der Waals surface area (Å²) >= 11 is 12.5. The van der Waals surface area contributed by atoms with Crippen LogP contribution in [0.2, 0.25) is 10.0 Å². The lowest BCUT2D eigenvalue weighted by Gasteiger charge is -2.28. The molecule has 0 bridgehead atoms. The summed E-state index contributed by atoms with van der Waals surface area (Å²) in [7, 11) is 0. The number of halogens is 2. The van der Waals surface area contributed by atoms with E-state index in [1.165, 1.54) is 0 Å². The molecule has 0 aliphatic carbocycles. The average Bonchev–Trinajstić information content (AvgIpc) is 3.09. The molecule has 0 spiro atoms. The lowest BCUT2D eigenvalue weighted by atomic mass is 9.87. The molecule has 2 heterocycles. The fourth-order valence-corrected chi connectivity index (χ4v) is 4.02. The van der Waals surface area contributed by atoms with E-state index in [1.807, 2.05) is 53.6 Å². The highest BCUT2D eigenvalue weighted by Crippen LogP contribution is 2.35. The van der Waals surface area contributed by atoms with E-state index in [4.69, 9.17) is 27.9 Å². The molecule has 27 heavy (non-hydrogen) atoms. The molecule has 140 valence electrons. The highest BCUT2D eigenvalue weighted by molar-refractivity contribution is 6.31. The van der Waals surface area contributed by atoms with Crippen molar-refractivity contribution in [3.8, 4) is 0 Å². The van der Waals surface area contributed by atoms with Gasteiger partial charge in [-0.2, -0.15) is 0 Å². The average molecular weight is 403 g/mol. The second-order valence-electron chi connectivity index (χ2n) is 6.74. The van der Waals surface area contributed by atoms with Crippen LogP contribution in [0, 0.1) is 0 Å². The van der Waals surface area contributed by atoms with Crippen molar-refractivity contribution < 1.29 is 9.53 Å². The Balaban J connectivity index is 1.73. The lowest BCUT2D eigenvalue weighted by Crippen LogP contribution is -2.41. The van der Waals surface area contributed by atoms with E-state index < -0.39 is 0 Å². The standard InChI is InChI=1S/C21H20Cl2N2O2/c22-15-3-1-2-14(10-15)17(12-21(26)25-6-8-27-9-7-25)19-13-24-20-5-4-16(23)11-18(19)20/h1-5,10-11,13,17,24H,6-9,12H2. The molecule has 1 amide bonds. The third-order valence-electron chi connectivity index (χ3n) is 5.04. The Kier molecular flexibility index (Phi) is 5.39. The Morgan fingerprint density at radius 2 is 1.89 bits per heavy atom. The fourth-order valence-electron chi connectivity index (χ4n) is 3.65. The van der Waals surface area contributed by atoms with Crippen LogP contribution in [0.25, 0.3) is 10.9 Å². The van der Waals surface area contributed by atoms with Crippen LogP contribution < -0.4 is 0 Å². The normalized spacial score (nSPS) is 15.9. The van der Waals surface area contributed by atoms with Crippen LogP contribution in [0.15, 0.2) is 48.7 Å². The first-order valence-electron chi connectivity index (χ1n) is 8.99. The summed E-state index contributed by atoms with van der Waals surface area (Å²) in [5.41, 5.74) is 3.07. The van der Waals surface area contributed by atoms with Gasteiger partial charge in [0.15, 0.2) is 0 Å². The molecule has 1 aliphatic rings. The van der Waals surface area contributed by atoms with Crippen LogP contribution in [0.4, 0.5) is 0 Å². The molecule has 3 aromatic rings. The number of H-pyrrole nitrogens is 1. The van der Waals surface area contributed by atoms with Crippen molar-refractivity contribution in [2.24, 2.45) is 0 Å². The summed E-state index contributed by atoms with van der Waals surface area (Å²) < 4.78 is 5.37. The molecule has 4 nitrogen and oxygen atoms in total. The quantitative estimate of drug-likeness (QED) is 0.677. The van der Waals surface area contributed by atoms with Crippen molar-refractivity contribution in [1.29, 1.82) is 0 Å². The van der Waals surface area contributed by atoms with Gasteiger partial charge in [0, 0.05) is 52.6 Å². The van der Waals surface area contributed by atoms with Crippen molar-refractivity contribution in [2.45, 2.75) is 12.3 Å². The predicted molar refractivity (Wildman–Crippen MR) is 109 cm³/mol. The van der Waals surface area contributed by atoms with Gasteiger partial charge in [0.1, 0.15) is 0 Å². The maximum atomic E-state index is 13.0. The minimum atomic E-state index is -0.105. The van der Waals surface area contributed by atoms with E-state index in [9.17, 15) is 4.79 Å². The summed E-state index contributed by atoms with van der Waals surface area (Å²) in [6.45, 7) is 2.47. The van der Waals surface area contributed by atoms with Crippen LogP contribution in [-0.2, 0) is 9.53 Å². The molecule has 4 rings (SSSR count). The molecular formula is C21H20Cl2N2O2. The van der Waals surface area contributed by atoms with Gasteiger partial charge in [-0.3, -0.25) is 4.79 Å². The van der Waals surface area contributed by atoms with Crippen LogP contribution in [0.5, 0.6) is 0 Å². The van der Waals surface area contributed by atoms with E-state index in [0.717, 1.165) is 22.0 Å². The molecule has 1 aromatic heterocycles. The van der Waals surface area contributed by atoms with E-state index in [0.29, 0.717) is 42.8 Å². The molecule has 0 radical (unpaired) electrons. The molecule has 1 atom stereocenters. The molecule has 6 heteroatoms. The summed E-state index contributed by atoms with van der Waals surface area (Å²) in [6.07, 6.45) is 2.35. The Bertz CT molecular complexity index is 964. The first-order valence-corrected chi connectivity index (χ1v) is 9.75. The van der Waals surface area contributed by atoms with Crippen molar-refractivity contribution in [3.63, 3.8) is 0 Å². The zero-order valence-electron chi connectivity index (χ0n) is 14.8. The number of aromatic nitrogens is 1. The first-order chi connectivity index (χ1) is 13.1. The van der Waals surface area contributed by atoms with Crippen LogP contribution in [0.3, 0.4) is 0 Å². The third kappa shape index (κ3) is 3.98. The van der Waals surface area contributed by atoms with Gasteiger partial charge in [-0.15, -0.1) is 0 Å². The number of nitrogens with zero attached hydrogens (tertiary/aromatic N) is 1. The molecule has 1 unspecified atom stereocenters. The molecule has 1 fully saturated rings. The monoisotopic (exact) mass is 402 g/mol. The topological polar surface area (TPSA) is 45.3 Å². The molecular weight excluding hydrogens is 383 g/mol. The van der Waals surface area contributed by atoms with Crippen molar-refractivity contribution in [1.82, 2.24) is 9.88 Å². The number of hydrogen-bond donors (Lipinski definition) is 1. The Hall–Kier alpha value is -2.01. The predicted octanol–water partition coefficient (Wildman–Crippen LogP) is 4.86. The number of morpholine rings is 1. The number of carbonyl (C=O) groups excluding carboxylic acids is 1. The molecule has 1 saturated heterocycles. The van der Waals surface area contributed by atoms with Gasteiger partial charge in [0.25, 0.3) is 0 Å². The molecule has 2 aromatic carbocycles. The maximum absolute atomic E-state index is 13.0. The largest absolute Gasteiger partial charge is 0.378 e. The zero-order chi connectivity index (χ0) is 18.8. The summed E-state index contributed by atoms with van der Waals surface area (Å²) in [6, 6.07) is 13.5. The summed E-state index contributed by atoms with van der Waals surface area (Å²) in [5.74, 6) is 0.0194. The highest BCUT2D eigenvalue weighted by atomic mass is 35.5. The van der Waals surface area contributed by atoms with Gasteiger partial charge < -0.3 is 14.6 Å². The van der Waals surface area contributed by atoms with Crippen LogP contribution >= 0.6 is 23.2 Å². The van der Waals surface area contributed by atoms with Gasteiger partial charge in [-0.25, -0.2) is 0 Å². The lowest BCUT2D eigenvalue weighted by molar-refractivity contribution is -0.135. The van der Waals surface area contributed by atoms with Crippen molar-refractivity contribution in [2.75, 3.05) is 26.3 Å². The SMILES string of the molecule is O=C(CC(c1cccc(Cl)c1)c1c[nH]c2ccc(Cl)cc12)N1CCOCC1. The number of ether oxygens (including phenoxy) is 1. The number of hydrogen-bond acceptors (Lipinski definition) is 2. The minimum Gasteiger partial charge on any atom is -0.378 e. The molecule has 1 N–H and O–H groups in total. The maximum Gasteiger partial charge on any atom is 0.223 e. The Morgan fingerprint density at radius 1 is 1.11 bits per heavy atom. The third-order valence-corrected chi connectivity index (χ3v) is 5.51. The molecule has 0 saturated carbocycles. The van der Waals surface area contributed by atoms with E-state index >= 15 is 0 Å². The van der Waals surface area contributed by atoms with E-state index in [1.54, 1.807) is 0 Å². The van der Waals surface area contributed by atoms with E-state index in [2.05, 4.69) is 4.98 Å². The Labute approximate surface area is 168 Å². The highest BCUT2D eigenvalue weighted by Gasteiger charge is 2.25. The number of carbonyl (C=O) groups is 1. The van der Waals surface area contributed by atoms with Crippen molar-refractivity contribution >= 4 is 40.0 Å². The van der Waals surface area contributed by atoms with Gasteiger partial charge in [-0.05, 0) is 41.5 Å². The minimum absolute atomic E-state index is 0.105. The number of nitrogens with one attached hydrogen (secondary N) is 1. The zero-order valence-corrected chi connectivity index (χ0v) is 16.3. The van der Waals surface area contributed by atoms with Crippen LogP contribution in [0.1, 0.15) is 23.5 Å². The smallest absolute Gasteiger partial charge is 0.223 e.